The normalized spacial score (nSPS) is 37.9. The Morgan fingerprint density at radius 1 is 1.32 bits per heavy atom. The molecule has 3 rings (SSSR count). The minimum absolute atomic E-state index is 0.163. The van der Waals surface area contributed by atoms with Gasteiger partial charge >= 0.3 is 0 Å². The monoisotopic (exact) mass is 264 g/mol. The number of fused-ring (bicyclic) bond motifs is 2. The molecule has 0 amide bonds. The van der Waals surface area contributed by atoms with Crippen molar-refractivity contribution >= 4 is 5.78 Å². The molecule has 0 aromatic rings. The largest absolute Gasteiger partial charge is 0.350 e. The SMILES string of the molecule is C=C1CCC(C(C)=O)CC2C1CCC21OCCCO1. The van der Waals surface area contributed by atoms with Crippen molar-refractivity contribution in [3.63, 3.8) is 0 Å². The van der Waals surface area contributed by atoms with Crippen LogP contribution < -0.4 is 0 Å². The lowest BCUT2D eigenvalue weighted by atomic mass is 9.83. The average molecular weight is 264 g/mol. The van der Waals surface area contributed by atoms with Crippen LogP contribution >= 0.6 is 0 Å². The maximum atomic E-state index is 11.8. The minimum atomic E-state index is -0.413. The van der Waals surface area contributed by atoms with Crippen LogP contribution in [0.2, 0.25) is 0 Å². The Labute approximate surface area is 115 Å². The molecule has 2 aliphatic carbocycles. The zero-order valence-corrected chi connectivity index (χ0v) is 11.8. The number of ketones is 1. The van der Waals surface area contributed by atoms with Gasteiger partial charge in [0, 0.05) is 18.3 Å². The summed E-state index contributed by atoms with van der Waals surface area (Å²) < 4.78 is 12.1. The maximum Gasteiger partial charge on any atom is 0.171 e. The lowest BCUT2D eigenvalue weighted by Gasteiger charge is -2.40. The van der Waals surface area contributed by atoms with E-state index in [-0.39, 0.29) is 5.92 Å². The summed E-state index contributed by atoms with van der Waals surface area (Å²) in [6.07, 6.45) is 5.91. The Kier molecular flexibility index (Phi) is 3.52. The van der Waals surface area contributed by atoms with E-state index in [9.17, 15) is 4.79 Å². The Morgan fingerprint density at radius 3 is 2.74 bits per heavy atom. The van der Waals surface area contributed by atoms with Gasteiger partial charge in [0.05, 0.1) is 13.2 Å². The molecule has 3 fully saturated rings. The van der Waals surface area contributed by atoms with Crippen molar-refractivity contribution in [3.05, 3.63) is 12.2 Å². The Balaban J connectivity index is 1.87. The van der Waals surface area contributed by atoms with Gasteiger partial charge in [-0.05, 0) is 44.9 Å². The van der Waals surface area contributed by atoms with Crippen molar-refractivity contribution in [3.8, 4) is 0 Å². The summed E-state index contributed by atoms with van der Waals surface area (Å²) >= 11 is 0. The summed E-state index contributed by atoms with van der Waals surface area (Å²) in [5, 5.41) is 0. The molecule has 106 valence electrons. The fourth-order valence-corrected chi connectivity index (χ4v) is 4.17. The molecule has 1 spiro atoms. The number of rotatable bonds is 1. The maximum absolute atomic E-state index is 11.8. The number of hydrogen-bond donors (Lipinski definition) is 0. The van der Waals surface area contributed by atoms with E-state index in [2.05, 4.69) is 6.58 Å². The Bertz CT molecular complexity index is 381. The van der Waals surface area contributed by atoms with Crippen molar-refractivity contribution in [1.82, 2.24) is 0 Å². The second kappa shape index (κ2) is 5.02. The van der Waals surface area contributed by atoms with Gasteiger partial charge in [0.25, 0.3) is 0 Å². The summed E-state index contributed by atoms with van der Waals surface area (Å²) in [5.41, 5.74) is 1.31. The van der Waals surface area contributed by atoms with Crippen LogP contribution in [-0.2, 0) is 14.3 Å². The standard InChI is InChI=1S/C16H24O3/c1-11-4-5-13(12(2)17)10-15-14(11)6-7-16(15)18-8-3-9-19-16/h13-15H,1,3-10H2,2H3. The number of allylic oxidation sites excluding steroid dienone is 1. The van der Waals surface area contributed by atoms with Gasteiger partial charge in [-0.1, -0.05) is 12.2 Å². The van der Waals surface area contributed by atoms with E-state index in [1.165, 1.54) is 5.57 Å². The third kappa shape index (κ3) is 2.27. The fourth-order valence-electron chi connectivity index (χ4n) is 4.17. The van der Waals surface area contributed by atoms with Crippen molar-refractivity contribution in [2.45, 2.75) is 51.2 Å². The topological polar surface area (TPSA) is 35.5 Å². The van der Waals surface area contributed by atoms with E-state index in [4.69, 9.17) is 9.47 Å². The highest BCUT2D eigenvalue weighted by Crippen LogP contribution is 2.53. The molecule has 1 saturated heterocycles. The van der Waals surface area contributed by atoms with Crippen molar-refractivity contribution in [1.29, 1.82) is 0 Å². The first kappa shape index (κ1) is 13.3. The van der Waals surface area contributed by atoms with Crippen LogP contribution in [0, 0.1) is 17.8 Å². The van der Waals surface area contributed by atoms with Crippen LogP contribution in [0.4, 0.5) is 0 Å². The van der Waals surface area contributed by atoms with Crippen molar-refractivity contribution in [2.75, 3.05) is 13.2 Å². The van der Waals surface area contributed by atoms with E-state index >= 15 is 0 Å². The van der Waals surface area contributed by atoms with Crippen molar-refractivity contribution < 1.29 is 14.3 Å². The van der Waals surface area contributed by atoms with Crippen LogP contribution in [0.3, 0.4) is 0 Å². The van der Waals surface area contributed by atoms with E-state index in [1.807, 2.05) is 0 Å². The van der Waals surface area contributed by atoms with Crippen LogP contribution in [0.5, 0.6) is 0 Å². The Morgan fingerprint density at radius 2 is 2.05 bits per heavy atom. The van der Waals surface area contributed by atoms with Crippen LogP contribution in [0.25, 0.3) is 0 Å². The first-order valence-electron chi connectivity index (χ1n) is 7.58. The molecule has 0 radical (unpaired) electrons. The zero-order valence-electron chi connectivity index (χ0n) is 11.8. The molecule has 0 N–H and O–H groups in total. The molecular weight excluding hydrogens is 240 g/mol. The third-order valence-corrected chi connectivity index (χ3v) is 5.29. The smallest absolute Gasteiger partial charge is 0.171 e. The number of carbonyl (C=O) groups excluding carboxylic acids is 1. The molecule has 0 aromatic carbocycles. The Hall–Kier alpha value is -0.670. The molecule has 1 aliphatic heterocycles. The number of hydrogen-bond acceptors (Lipinski definition) is 3. The van der Waals surface area contributed by atoms with Crippen LogP contribution in [-0.4, -0.2) is 24.8 Å². The molecule has 3 atom stereocenters. The van der Waals surface area contributed by atoms with Gasteiger partial charge in [0.2, 0.25) is 0 Å². The average Bonchev–Trinajstić information content (AvgIpc) is 2.62. The highest BCUT2D eigenvalue weighted by molar-refractivity contribution is 5.78. The predicted octanol–water partition coefficient (Wildman–Crippen LogP) is 3.09. The van der Waals surface area contributed by atoms with Crippen LogP contribution in [0.1, 0.15) is 45.4 Å². The summed E-state index contributed by atoms with van der Waals surface area (Å²) in [6.45, 7) is 7.57. The first-order valence-corrected chi connectivity index (χ1v) is 7.58. The molecular formula is C16H24O3. The second-order valence-electron chi connectivity index (χ2n) is 6.35. The molecule has 3 unspecified atom stereocenters. The van der Waals surface area contributed by atoms with Gasteiger partial charge in [0.1, 0.15) is 5.78 Å². The zero-order chi connectivity index (χ0) is 13.5. The second-order valence-corrected chi connectivity index (χ2v) is 6.35. The fraction of sp³-hybridized carbons (Fsp3) is 0.812. The molecule has 19 heavy (non-hydrogen) atoms. The molecule has 1 heterocycles. The highest BCUT2D eigenvalue weighted by Gasteiger charge is 2.53. The van der Waals surface area contributed by atoms with E-state index in [1.54, 1.807) is 6.92 Å². The lowest BCUT2D eigenvalue weighted by molar-refractivity contribution is -0.287. The van der Waals surface area contributed by atoms with Gasteiger partial charge in [-0.25, -0.2) is 0 Å². The molecule has 3 nitrogen and oxygen atoms in total. The van der Waals surface area contributed by atoms with Gasteiger partial charge in [-0.3, -0.25) is 4.79 Å². The van der Waals surface area contributed by atoms with Gasteiger partial charge in [0.15, 0.2) is 5.79 Å². The van der Waals surface area contributed by atoms with Crippen molar-refractivity contribution in [2.24, 2.45) is 17.8 Å². The van der Waals surface area contributed by atoms with E-state index in [0.29, 0.717) is 17.6 Å². The molecule has 3 heteroatoms. The number of Topliss-reactive ketones (excluding diaryl/α,β-unsaturated/α-hetero) is 1. The molecule has 0 bridgehead atoms. The summed E-state index contributed by atoms with van der Waals surface area (Å²) in [4.78, 5) is 11.8. The summed E-state index contributed by atoms with van der Waals surface area (Å²) in [6, 6.07) is 0. The quantitative estimate of drug-likeness (QED) is 0.683. The number of carbonyl (C=O) groups is 1. The van der Waals surface area contributed by atoms with Gasteiger partial charge in [-0.2, -0.15) is 0 Å². The molecule has 0 aromatic heterocycles. The highest BCUT2D eigenvalue weighted by atomic mass is 16.7. The molecule has 2 saturated carbocycles. The molecule has 3 aliphatic rings. The van der Waals surface area contributed by atoms with E-state index in [0.717, 1.165) is 51.7 Å². The minimum Gasteiger partial charge on any atom is -0.350 e. The summed E-state index contributed by atoms with van der Waals surface area (Å²) in [5.74, 6) is 0.880. The summed E-state index contributed by atoms with van der Waals surface area (Å²) in [7, 11) is 0. The lowest BCUT2D eigenvalue weighted by Crippen LogP contribution is -2.45. The predicted molar refractivity (Wildman–Crippen MR) is 72.6 cm³/mol. The van der Waals surface area contributed by atoms with E-state index < -0.39 is 5.79 Å². The van der Waals surface area contributed by atoms with Gasteiger partial charge < -0.3 is 9.47 Å². The van der Waals surface area contributed by atoms with Gasteiger partial charge in [-0.15, -0.1) is 0 Å². The first-order chi connectivity index (χ1) is 9.12. The van der Waals surface area contributed by atoms with Crippen LogP contribution in [0.15, 0.2) is 12.2 Å². The number of ether oxygens (including phenoxy) is 2. The third-order valence-electron chi connectivity index (χ3n) is 5.29.